The summed E-state index contributed by atoms with van der Waals surface area (Å²) >= 11 is 1.20. The van der Waals surface area contributed by atoms with Gasteiger partial charge in [-0.05, 0) is 54.8 Å². The van der Waals surface area contributed by atoms with Gasteiger partial charge in [0, 0.05) is 17.2 Å². The van der Waals surface area contributed by atoms with Crippen molar-refractivity contribution in [1.82, 2.24) is 4.98 Å². The first-order chi connectivity index (χ1) is 15.0. The van der Waals surface area contributed by atoms with Crippen LogP contribution < -0.4 is 0 Å². The van der Waals surface area contributed by atoms with Gasteiger partial charge >= 0.3 is 5.97 Å². The van der Waals surface area contributed by atoms with E-state index in [-0.39, 0.29) is 29.6 Å². The summed E-state index contributed by atoms with van der Waals surface area (Å²) in [6.45, 7) is 4.01. The maximum atomic E-state index is 12.2. The Morgan fingerprint density at radius 1 is 1.32 bits per heavy atom. The van der Waals surface area contributed by atoms with E-state index in [9.17, 15) is 14.7 Å². The van der Waals surface area contributed by atoms with E-state index in [1.54, 1.807) is 36.6 Å². The third-order valence-electron chi connectivity index (χ3n) is 4.24. The fourth-order valence-electron chi connectivity index (χ4n) is 2.82. The van der Waals surface area contributed by atoms with Crippen molar-refractivity contribution in [1.29, 1.82) is 0 Å². The average molecular weight is 439 g/mol. The zero-order valence-corrected chi connectivity index (χ0v) is 18.0. The van der Waals surface area contributed by atoms with E-state index < -0.39 is 5.97 Å². The highest BCUT2D eigenvalue weighted by Gasteiger charge is 2.12. The molecule has 2 aromatic heterocycles. The second-order valence-electron chi connectivity index (χ2n) is 6.54. The number of hydrogen-bond acceptors (Lipinski definition) is 8. The molecule has 0 bridgehead atoms. The lowest BCUT2D eigenvalue weighted by atomic mass is 10.0. The summed E-state index contributed by atoms with van der Waals surface area (Å²) in [5.74, 6) is -0.365. The second kappa shape index (κ2) is 10.5. The topological polar surface area (TPSA) is 102 Å². The predicted octanol–water partition coefficient (Wildman–Crippen LogP) is 5.22. The maximum absolute atomic E-state index is 12.2. The molecule has 0 spiro atoms. The summed E-state index contributed by atoms with van der Waals surface area (Å²) in [7, 11) is 0. The third-order valence-corrected chi connectivity index (χ3v) is 4.99. The van der Waals surface area contributed by atoms with Crippen LogP contribution in [0.25, 0.3) is 6.08 Å². The lowest BCUT2D eigenvalue weighted by molar-refractivity contribution is 0.0520. The molecule has 0 aliphatic rings. The van der Waals surface area contributed by atoms with E-state index >= 15 is 0 Å². The molecule has 3 rings (SSSR count). The molecule has 31 heavy (non-hydrogen) atoms. The number of thiazole rings is 1. The number of aromatic nitrogens is 1. The van der Waals surface area contributed by atoms with Crippen molar-refractivity contribution in [3.8, 4) is 5.75 Å². The number of carbonyl (C=O) groups excluding carboxylic acids is 2. The Hall–Kier alpha value is -3.52. The summed E-state index contributed by atoms with van der Waals surface area (Å²) in [5.41, 5.74) is 2.18. The normalized spacial score (nSPS) is 11.4. The van der Waals surface area contributed by atoms with Crippen LogP contribution in [0.4, 0.5) is 5.13 Å². The molecule has 2 heterocycles. The molecule has 0 unspecified atom stereocenters. The molecule has 0 saturated heterocycles. The number of allylic oxidation sites excluding steroid dienone is 1. The number of aryl methyl sites for hydroxylation is 1. The molecular weight excluding hydrogens is 416 g/mol. The monoisotopic (exact) mass is 438 g/mol. The number of hydrogen-bond donors (Lipinski definition) is 1. The minimum Gasteiger partial charge on any atom is -0.507 e. The van der Waals surface area contributed by atoms with Gasteiger partial charge in [0.05, 0.1) is 12.9 Å². The van der Waals surface area contributed by atoms with Crippen LogP contribution in [0.15, 0.2) is 51.4 Å². The largest absolute Gasteiger partial charge is 0.507 e. The Kier molecular flexibility index (Phi) is 7.50. The summed E-state index contributed by atoms with van der Waals surface area (Å²) < 4.78 is 10.0. The van der Waals surface area contributed by atoms with Gasteiger partial charge in [-0.1, -0.05) is 19.4 Å². The molecule has 0 fully saturated rings. The minimum absolute atomic E-state index is 0.127. The summed E-state index contributed by atoms with van der Waals surface area (Å²) in [5, 5.41) is 12.6. The Bertz CT molecular complexity index is 1110. The Balaban J connectivity index is 1.86. The number of ketones is 1. The number of esters is 1. The number of furan rings is 1. The van der Waals surface area contributed by atoms with Gasteiger partial charge < -0.3 is 14.3 Å². The molecule has 3 aromatic rings. The van der Waals surface area contributed by atoms with Gasteiger partial charge in [-0.15, -0.1) is 11.3 Å². The predicted molar refractivity (Wildman–Crippen MR) is 119 cm³/mol. The molecule has 0 atom stereocenters. The van der Waals surface area contributed by atoms with Crippen LogP contribution in [0.5, 0.6) is 5.75 Å². The van der Waals surface area contributed by atoms with Crippen molar-refractivity contribution in [2.45, 2.75) is 26.7 Å². The van der Waals surface area contributed by atoms with Gasteiger partial charge in [0.25, 0.3) is 0 Å². The van der Waals surface area contributed by atoms with Gasteiger partial charge in [0.15, 0.2) is 11.5 Å². The molecule has 8 heteroatoms. The van der Waals surface area contributed by atoms with Crippen LogP contribution in [0.1, 0.15) is 58.0 Å². The van der Waals surface area contributed by atoms with Gasteiger partial charge in [-0.2, -0.15) is 0 Å². The number of benzene rings is 1. The van der Waals surface area contributed by atoms with Gasteiger partial charge in [0.1, 0.15) is 5.75 Å². The molecule has 0 saturated carbocycles. The molecule has 0 radical (unpaired) electrons. The number of phenols is 1. The smallest absolute Gasteiger partial charge is 0.357 e. The molecule has 7 nitrogen and oxygen atoms in total. The minimum atomic E-state index is -0.498. The van der Waals surface area contributed by atoms with Crippen LogP contribution in [-0.4, -0.2) is 34.7 Å². The van der Waals surface area contributed by atoms with Crippen molar-refractivity contribution in [3.63, 3.8) is 0 Å². The standard InChI is InChI=1S/C23H22N2O5S/c1-3-6-16-11-15(8-9-19(26)20-7-5-10-30-20)12-17(21(16)27)13-24-23-25-18(14-31-23)22(28)29-4-2/h5,7-14,27H,3-4,6H2,1-2H3/b9-8+,24-13?. The summed E-state index contributed by atoms with van der Waals surface area (Å²) in [6, 6.07) is 6.82. The fourth-order valence-corrected chi connectivity index (χ4v) is 3.45. The fraction of sp³-hybridized carbons (Fsp3) is 0.217. The zero-order valence-electron chi connectivity index (χ0n) is 17.2. The molecule has 160 valence electrons. The Morgan fingerprint density at radius 3 is 2.87 bits per heavy atom. The Labute approximate surface area is 183 Å². The van der Waals surface area contributed by atoms with Crippen molar-refractivity contribution in [2.75, 3.05) is 6.61 Å². The SMILES string of the molecule is CCCc1cc(/C=C/C(=O)c2ccco2)cc(C=Nc2nc(C(=O)OCC)cs2)c1O. The molecular formula is C23H22N2O5S. The van der Waals surface area contributed by atoms with E-state index in [1.807, 2.05) is 13.0 Å². The second-order valence-corrected chi connectivity index (χ2v) is 7.37. The molecule has 0 amide bonds. The summed E-state index contributed by atoms with van der Waals surface area (Å²) in [4.78, 5) is 32.3. The van der Waals surface area contributed by atoms with E-state index in [0.717, 1.165) is 17.5 Å². The van der Waals surface area contributed by atoms with Crippen LogP contribution >= 0.6 is 11.3 Å². The van der Waals surface area contributed by atoms with Crippen LogP contribution in [0, 0.1) is 0 Å². The first-order valence-corrected chi connectivity index (χ1v) is 10.7. The van der Waals surface area contributed by atoms with E-state index in [4.69, 9.17) is 9.15 Å². The van der Waals surface area contributed by atoms with Crippen molar-refractivity contribution < 1.29 is 23.8 Å². The third kappa shape index (κ3) is 5.76. The molecule has 0 aliphatic carbocycles. The maximum Gasteiger partial charge on any atom is 0.357 e. The number of carbonyl (C=O) groups is 2. The molecule has 0 aliphatic heterocycles. The number of ether oxygens (including phenoxy) is 1. The lowest BCUT2D eigenvalue weighted by Crippen LogP contribution is -2.04. The number of aliphatic imine (C=N–C) groups is 1. The first kappa shape index (κ1) is 22.2. The van der Waals surface area contributed by atoms with Crippen LogP contribution in [-0.2, 0) is 11.2 Å². The molecule has 1 N–H and O–H groups in total. The number of aromatic hydroxyl groups is 1. The number of phenolic OH excluding ortho intramolecular Hbond substituents is 1. The van der Waals surface area contributed by atoms with Gasteiger partial charge in [-0.3, -0.25) is 4.79 Å². The quantitative estimate of drug-likeness (QED) is 0.213. The van der Waals surface area contributed by atoms with E-state index in [0.29, 0.717) is 17.1 Å². The van der Waals surface area contributed by atoms with Crippen molar-refractivity contribution >= 4 is 40.5 Å². The first-order valence-electron chi connectivity index (χ1n) is 9.80. The van der Waals surface area contributed by atoms with Gasteiger partial charge in [-0.25, -0.2) is 14.8 Å². The summed E-state index contributed by atoms with van der Waals surface area (Å²) in [6.07, 6.45) is 7.55. The van der Waals surface area contributed by atoms with Crippen LogP contribution in [0.3, 0.4) is 0 Å². The number of rotatable bonds is 9. The van der Waals surface area contributed by atoms with Crippen LogP contribution in [0.2, 0.25) is 0 Å². The van der Waals surface area contributed by atoms with E-state index in [2.05, 4.69) is 9.98 Å². The zero-order chi connectivity index (χ0) is 22.2. The van der Waals surface area contributed by atoms with Crippen molar-refractivity contribution in [3.05, 3.63) is 70.1 Å². The highest BCUT2D eigenvalue weighted by Crippen LogP contribution is 2.27. The molecule has 1 aromatic carbocycles. The number of nitrogens with zero attached hydrogens (tertiary/aromatic N) is 2. The highest BCUT2D eigenvalue weighted by atomic mass is 32.1. The van der Waals surface area contributed by atoms with E-state index in [1.165, 1.54) is 29.9 Å². The van der Waals surface area contributed by atoms with Crippen molar-refractivity contribution in [2.24, 2.45) is 4.99 Å². The average Bonchev–Trinajstić information content (AvgIpc) is 3.45. The highest BCUT2D eigenvalue weighted by molar-refractivity contribution is 7.13. The Morgan fingerprint density at radius 2 is 2.16 bits per heavy atom. The lowest BCUT2D eigenvalue weighted by Gasteiger charge is -2.08. The van der Waals surface area contributed by atoms with Gasteiger partial charge in [0.2, 0.25) is 10.9 Å².